The maximum Gasteiger partial charge on any atom is 0.341 e. The van der Waals surface area contributed by atoms with Gasteiger partial charge in [-0.3, -0.25) is 4.79 Å². The molecule has 2 aliphatic rings. The van der Waals surface area contributed by atoms with Crippen LogP contribution in [0.5, 0.6) is 0 Å². The fourth-order valence-corrected chi connectivity index (χ4v) is 4.93. The Morgan fingerprint density at radius 2 is 1.86 bits per heavy atom. The average Bonchev–Trinajstić information content (AvgIpc) is 3.56. The standard InChI is InChI=1S/C24H19FN6O3S/c25-17-11-15-19(31(14-1-2-14)13-16(21(15)32)23(33)34)12-20(17)29-6-8-30(9-7-29)24-27-4-3-18(28-24)22-26-5-10-35-22/h1,3-5,10-13H,2,6-9H2,(H,33,34). The molecule has 0 spiro atoms. The molecule has 1 aromatic carbocycles. The third kappa shape index (κ3) is 3.83. The maximum atomic E-state index is 15.2. The maximum absolute atomic E-state index is 15.2. The zero-order valence-electron chi connectivity index (χ0n) is 18.4. The summed E-state index contributed by atoms with van der Waals surface area (Å²) in [6, 6.07) is 4.63. The molecule has 11 heteroatoms. The monoisotopic (exact) mass is 490 g/mol. The van der Waals surface area contributed by atoms with Gasteiger partial charge in [0.1, 0.15) is 22.1 Å². The Morgan fingerprint density at radius 3 is 2.54 bits per heavy atom. The van der Waals surface area contributed by atoms with Crippen molar-refractivity contribution in [2.75, 3.05) is 36.0 Å². The quantitative estimate of drug-likeness (QED) is 0.454. The molecule has 3 aromatic heterocycles. The topological polar surface area (TPSA) is 104 Å². The van der Waals surface area contributed by atoms with Gasteiger partial charge in [0.25, 0.3) is 0 Å². The van der Waals surface area contributed by atoms with E-state index in [2.05, 4.69) is 19.9 Å². The summed E-state index contributed by atoms with van der Waals surface area (Å²) in [6.45, 7) is 2.25. The Kier molecular flexibility index (Phi) is 5.06. The minimum Gasteiger partial charge on any atom is -0.477 e. The normalized spacial score (nSPS) is 15.4. The second-order valence-corrected chi connectivity index (χ2v) is 9.22. The average molecular weight is 491 g/mol. The van der Waals surface area contributed by atoms with Gasteiger partial charge in [-0.25, -0.2) is 24.1 Å². The van der Waals surface area contributed by atoms with Crippen molar-refractivity contribution >= 4 is 45.5 Å². The number of aromatic nitrogens is 4. The van der Waals surface area contributed by atoms with Crippen LogP contribution in [0.25, 0.3) is 27.3 Å². The molecular formula is C24H19FN6O3S. The van der Waals surface area contributed by atoms with E-state index in [1.807, 2.05) is 22.4 Å². The van der Waals surface area contributed by atoms with E-state index in [-0.39, 0.29) is 10.9 Å². The van der Waals surface area contributed by atoms with Gasteiger partial charge >= 0.3 is 5.97 Å². The Morgan fingerprint density at radius 1 is 1.09 bits per heavy atom. The van der Waals surface area contributed by atoms with Crippen LogP contribution in [-0.2, 0) is 0 Å². The summed E-state index contributed by atoms with van der Waals surface area (Å²) in [5.74, 6) is -1.27. The Labute approximate surface area is 202 Å². The first-order chi connectivity index (χ1) is 17.0. The molecule has 1 aliphatic heterocycles. The molecule has 1 saturated heterocycles. The Hall–Kier alpha value is -4.12. The number of piperazine rings is 1. The van der Waals surface area contributed by atoms with E-state index in [1.54, 1.807) is 23.0 Å². The fraction of sp³-hybridized carbons (Fsp3) is 0.208. The summed E-state index contributed by atoms with van der Waals surface area (Å²) in [7, 11) is 0. The molecule has 176 valence electrons. The van der Waals surface area contributed by atoms with Crippen LogP contribution in [0.15, 0.2) is 53.0 Å². The second kappa shape index (κ2) is 8.27. The molecule has 35 heavy (non-hydrogen) atoms. The van der Waals surface area contributed by atoms with E-state index < -0.39 is 17.2 Å². The summed E-state index contributed by atoms with van der Waals surface area (Å²) in [6.07, 6.45) is 7.41. The zero-order valence-corrected chi connectivity index (χ0v) is 19.2. The van der Waals surface area contributed by atoms with Gasteiger partial charge in [0.15, 0.2) is 0 Å². The number of thiazole rings is 1. The number of carboxylic acids is 1. The molecule has 0 atom stereocenters. The number of pyridine rings is 1. The van der Waals surface area contributed by atoms with Crippen LogP contribution in [0, 0.1) is 5.82 Å². The highest BCUT2D eigenvalue weighted by Gasteiger charge is 2.25. The summed E-state index contributed by atoms with van der Waals surface area (Å²) in [5, 5.41) is 12.2. The number of rotatable bonds is 5. The molecule has 0 radical (unpaired) electrons. The van der Waals surface area contributed by atoms with Crippen LogP contribution in [0.2, 0.25) is 0 Å². The lowest BCUT2D eigenvalue weighted by Gasteiger charge is -2.36. The van der Waals surface area contributed by atoms with Gasteiger partial charge in [0, 0.05) is 67.7 Å². The molecule has 1 N–H and O–H groups in total. The number of carboxylic acid groups (broad SMARTS) is 1. The summed E-state index contributed by atoms with van der Waals surface area (Å²) < 4.78 is 16.9. The lowest BCUT2D eigenvalue weighted by molar-refractivity contribution is 0.0695. The molecule has 1 fully saturated rings. The minimum atomic E-state index is -1.33. The van der Waals surface area contributed by atoms with E-state index in [1.165, 1.54) is 17.5 Å². The smallest absolute Gasteiger partial charge is 0.341 e. The van der Waals surface area contributed by atoms with E-state index in [9.17, 15) is 14.7 Å². The first-order valence-electron chi connectivity index (χ1n) is 11.0. The summed E-state index contributed by atoms with van der Waals surface area (Å²) in [5.41, 5.74) is 1.48. The van der Waals surface area contributed by atoms with Crippen molar-refractivity contribution in [3.63, 3.8) is 0 Å². The molecule has 9 nitrogen and oxygen atoms in total. The summed E-state index contributed by atoms with van der Waals surface area (Å²) >= 11 is 1.51. The minimum absolute atomic E-state index is 0.0602. The van der Waals surface area contributed by atoms with Gasteiger partial charge < -0.3 is 19.5 Å². The van der Waals surface area contributed by atoms with E-state index in [0.717, 1.165) is 22.5 Å². The highest BCUT2D eigenvalue weighted by Crippen LogP contribution is 2.32. The van der Waals surface area contributed by atoms with Gasteiger partial charge in [-0.1, -0.05) is 6.08 Å². The third-order valence-electron chi connectivity index (χ3n) is 6.20. The van der Waals surface area contributed by atoms with Crippen molar-refractivity contribution in [3.8, 4) is 10.7 Å². The van der Waals surface area contributed by atoms with Crippen molar-refractivity contribution < 1.29 is 14.3 Å². The largest absolute Gasteiger partial charge is 0.477 e. The number of allylic oxidation sites excluding steroid dienone is 2. The number of anilines is 2. The van der Waals surface area contributed by atoms with Crippen molar-refractivity contribution in [1.29, 1.82) is 0 Å². The van der Waals surface area contributed by atoms with E-state index in [4.69, 9.17) is 0 Å². The third-order valence-corrected chi connectivity index (χ3v) is 6.99. The van der Waals surface area contributed by atoms with Crippen LogP contribution in [0.3, 0.4) is 0 Å². The SMILES string of the molecule is O=C(O)c1cn(C2=CC2)c2cc(N3CCN(c4nccc(-c5nccs5)n4)CC3)c(F)cc2c1=O. The van der Waals surface area contributed by atoms with Crippen LogP contribution in [-0.4, -0.2) is 56.8 Å². The number of benzene rings is 1. The van der Waals surface area contributed by atoms with Crippen LogP contribution >= 0.6 is 11.3 Å². The number of hydrogen-bond donors (Lipinski definition) is 1. The molecular weight excluding hydrogens is 471 g/mol. The number of nitrogens with zero attached hydrogens (tertiary/aromatic N) is 6. The van der Waals surface area contributed by atoms with E-state index >= 15 is 4.39 Å². The van der Waals surface area contributed by atoms with Crippen molar-refractivity contribution in [1.82, 2.24) is 19.5 Å². The Balaban J connectivity index is 1.29. The predicted octanol–water partition coefficient (Wildman–Crippen LogP) is 3.32. The lowest BCUT2D eigenvalue weighted by atomic mass is 10.1. The molecule has 1 aliphatic carbocycles. The second-order valence-electron chi connectivity index (χ2n) is 8.32. The van der Waals surface area contributed by atoms with Crippen LogP contribution in [0.4, 0.5) is 16.0 Å². The van der Waals surface area contributed by atoms with Gasteiger partial charge in [-0.05, 0) is 18.2 Å². The first-order valence-corrected chi connectivity index (χ1v) is 11.9. The van der Waals surface area contributed by atoms with Crippen molar-refractivity contribution in [2.45, 2.75) is 6.42 Å². The van der Waals surface area contributed by atoms with E-state index in [0.29, 0.717) is 49.8 Å². The fourth-order valence-electron chi connectivity index (χ4n) is 4.33. The van der Waals surface area contributed by atoms with Crippen molar-refractivity contribution in [3.05, 3.63) is 69.8 Å². The zero-order chi connectivity index (χ0) is 24.1. The molecule has 0 saturated carbocycles. The molecule has 0 amide bonds. The first kappa shape index (κ1) is 21.4. The van der Waals surface area contributed by atoms with Gasteiger partial charge in [0.2, 0.25) is 11.4 Å². The highest BCUT2D eigenvalue weighted by atomic mass is 32.1. The van der Waals surface area contributed by atoms with Crippen LogP contribution in [0.1, 0.15) is 16.8 Å². The predicted molar refractivity (Wildman–Crippen MR) is 132 cm³/mol. The van der Waals surface area contributed by atoms with Gasteiger partial charge in [-0.2, -0.15) is 0 Å². The number of fused-ring (bicyclic) bond motifs is 1. The highest BCUT2D eigenvalue weighted by molar-refractivity contribution is 7.13. The molecule has 4 aromatic rings. The van der Waals surface area contributed by atoms with Crippen LogP contribution < -0.4 is 15.2 Å². The van der Waals surface area contributed by atoms with Crippen molar-refractivity contribution in [2.24, 2.45) is 0 Å². The number of aromatic carboxylic acids is 1. The number of carbonyl (C=O) groups is 1. The Bertz CT molecular complexity index is 1560. The molecule has 4 heterocycles. The van der Waals surface area contributed by atoms with Gasteiger partial charge in [-0.15, -0.1) is 11.3 Å². The molecule has 0 unspecified atom stereocenters. The molecule has 0 bridgehead atoms. The lowest BCUT2D eigenvalue weighted by Crippen LogP contribution is -2.47. The van der Waals surface area contributed by atoms with Gasteiger partial charge in [0.05, 0.1) is 11.2 Å². The molecule has 6 rings (SSSR count). The number of hydrogen-bond acceptors (Lipinski definition) is 8. The summed E-state index contributed by atoms with van der Waals surface area (Å²) in [4.78, 5) is 41.6. The number of halogens is 1.